The van der Waals surface area contributed by atoms with Gasteiger partial charge in [0.05, 0.1) is 12.7 Å². The van der Waals surface area contributed by atoms with Crippen LogP contribution in [0, 0.1) is 6.92 Å². The lowest BCUT2D eigenvalue weighted by molar-refractivity contribution is 0.105. The second-order valence-corrected chi connectivity index (χ2v) is 3.93. The number of hydrogen-bond acceptors (Lipinski definition) is 6. The van der Waals surface area contributed by atoms with Gasteiger partial charge in [0, 0.05) is 24.7 Å². The van der Waals surface area contributed by atoms with Crippen molar-refractivity contribution >= 4 is 5.69 Å². The minimum atomic E-state index is -0.760. The van der Waals surface area contributed by atoms with Crippen LogP contribution in [-0.4, -0.2) is 39.6 Å². The zero-order valence-electron chi connectivity index (χ0n) is 10.00. The number of aliphatic hydroxyl groups is 2. The fourth-order valence-electron chi connectivity index (χ4n) is 1.45. The molecule has 1 aromatic heterocycles. The van der Waals surface area contributed by atoms with Crippen LogP contribution in [0.3, 0.4) is 0 Å². The maximum absolute atomic E-state index is 9.21. The molecule has 3 N–H and O–H groups in total. The van der Waals surface area contributed by atoms with E-state index in [0.717, 1.165) is 11.3 Å². The molecule has 1 atom stereocenters. The fourth-order valence-corrected chi connectivity index (χ4v) is 1.45. The van der Waals surface area contributed by atoms with Gasteiger partial charge in [-0.1, -0.05) is 5.16 Å². The molecular weight excluding hydrogens is 234 g/mol. The van der Waals surface area contributed by atoms with E-state index in [-0.39, 0.29) is 6.61 Å². The zero-order valence-corrected chi connectivity index (χ0v) is 10.00. The maximum Gasteiger partial charge on any atom is 0.223 e. The van der Waals surface area contributed by atoms with Crippen molar-refractivity contribution < 1.29 is 14.7 Å². The zero-order chi connectivity index (χ0) is 13.0. The Morgan fingerprint density at radius 1 is 1.33 bits per heavy atom. The van der Waals surface area contributed by atoms with Gasteiger partial charge in [-0.25, -0.2) is 0 Å². The van der Waals surface area contributed by atoms with Crippen LogP contribution in [0.5, 0.6) is 0 Å². The maximum atomic E-state index is 9.21. The SMILES string of the molecule is Cc1nc(-c2ccc(NCC(O)CO)cc2)no1. The average Bonchev–Trinajstić information content (AvgIpc) is 2.83. The van der Waals surface area contributed by atoms with E-state index in [9.17, 15) is 5.11 Å². The minimum absolute atomic E-state index is 0.257. The van der Waals surface area contributed by atoms with Crippen molar-refractivity contribution in [2.75, 3.05) is 18.5 Å². The third-order valence-corrected chi connectivity index (χ3v) is 2.42. The lowest BCUT2D eigenvalue weighted by atomic mass is 10.2. The Labute approximate surface area is 104 Å². The predicted molar refractivity (Wildman–Crippen MR) is 66.1 cm³/mol. The minimum Gasteiger partial charge on any atom is -0.394 e. The van der Waals surface area contributed by atoms with Gasteiger partial charge in [0.25, 0.3) is 0 Å². The summed E-state index contributed by atoms with van der Waals surface area (Å²) >= 11 is 0. The summed E-state index contributed by atoms with van der Waals surface area (Å²) in [6, 6.07) is 7.42. The first-order valence-electron chi connectivity index (χ1n) is 5.62. The first-order valence-corrected chi connectivity index (χ1v) is 5.62. The normalized spacial score (nSPS) is 12.4. The average molecular weight is 249 g/mol. The van der Waals surface area contributed by atoms with Gasteiger partial charge >= 0.3 is 0 Å². The molecule has 0 aliphatic heterocycles. The number of benzene rings is 1. The summed E-state index contributed by atoms with van der Waals surface area (Å²) < 4.78 is 4.91. The number of hydrogen-bond donors (Lipinski definition) is 3. The highest BCUT2D eigenvalue weighted by atomic mass is 16.5. The first-order chi connectivity index (χ1) is 8.69. The monoisotopic (exact) mass is 249 g/mol. The van der Waals surface area contributed by atoms with Gasteiger partial charge in [-0.15, -0.1) is 0 Å². The molecule has 0 radical (unpaired) electrons. The Bertz CT molecular complexity index is 496. The Morgan fingerprint density at radius 3 is 2.61 bits per heavy atom. The molecule has 0 aliphatic carbocycles. The van der Waals surface area contributed by atoms with E-state index in [1.165, 1.54) is 0 Å². The topological polar surface area (TPSA) is 91.4 Å². The van der Waals surface area contributed by atoms with Crippen molar-refractivity contribution in [3.63, 3.8) is 0 Å². The molecule has 0 saturated heterocycles. The van der Waals surface area contributed by atoms with Crippen LogP contribution >= 0.6 is 0 Å². The summed E-state index contributed by atoms with van der Waals surface area (Å²) in [6.07, 6.45) is -0.760. The van der Waals surface area contributed by atoms with E-state index in [1.807, 2.05) is 24.3 Å². The highest BCUT2D eigenvalue weighted by Crippen LogP contribution is 2.18. The van der Waals surface area contributed by atoms with E-state index >= 15 is 0 Å². The summed E-state index contributed by atoms with van der Waals surface area (Å²) in [5.41, 5.74) is 1.71. The second kappa shape index (κ2) is 5.61. The van der Waals surface area contributed by atoms with E-state index in [4.69, 9.17) is 9.63 Å². The Morgan fingerprint density at radius 2 is 2.06 bits per heavy atom. The van der Waals surface area contributed by atoms with Gasteiger partial charge < -0.3 is 20.1 Å². The molecule has 6 heteroatoms. The van der Waals surface area contributed by atoms with Gasteiger partial charge in [-0.2, -0.15) is 4.98 Å². The van der Waals surface area contributed by atoms with Gasteiger partial charge in [0.1, 0.15) is 0 Å². The molecule has 1 unspecified atom stereocenters. The number of rotatable bonds is 5. The first kappa shape index (κ1) is 12.5. The molecule has 96 valence electrons. The van der Waals surface area contributed by atoms with Crippen LogP contribution in [0.25, 0.3) is 11.4 Å². The van der Waals surface area contributed by atoms with Crippen molar-refractivity contribution in [3.8, 4) is 11.4 Å². The van der Waals surface area contributed by atoms with E-state index in [0.29, 0.717) is 18.3 Å². The molecule has 0 amide bonds. The van der Waals surface area contributed by atoms with Crippen LogP contribution in [0.4, 0.5) is 5.69 Å². The molecule has 18 heavy (non-hydrogen) atoms. The molecule has 0 spiro atoms. The van der Waals surface area contributed by atoms with Crippen molar-refractivity contribution in [1.29, 1.82) is 0 Å². The molecular formula is C12H15N3O3. The molecule has 0 bridgehead atoms. The van der Waals surface area contributed by atoms with Crippen LogP contribution < -0.4 is 5.32 Å². The highest BCUT2D eigenvalue weighted by Gasteiger charge is 2.06. The molecule has 2 rings (SSSR count). The van der Waals surface area contributed by atoms with Crippen LogP contribution in [0.1, 0.15) is 5.89 Å². The third kappa shape index (κ3) is 3.06. The largest absolute Gasteiger partial charge is 0.394 e. The summed E-state index contributed by atoms with van der Waals surface area (Å²) in [5, 5.41) is 24.7. The van der Waals surface area contributed by atoms with Crippen molar-refractivity contribution in [3.05, 3.63) is 30.2 Å². The quantitative estimate of drug-likeness (QED) is 0.726. The summed E-state index contributed by atoms with van der Waals surface area (Å²) in [4.78, 5) is 4.13. The lowest BCUT2D eigenvalue weighted by Crippen LogP contribution is -2.22. The third-order valence-electron chi connectivity index (χ3n) is 2.42. The van der Waals surface area contributed by atoms with Crippen molar-refractivity contribution in [1.82, 2.24) is 10.1 Å². The molecule has 6 nitrogen and oxygen atoms in total. The standard InChI is InChI=1S/C12H15N3O3/c1-8-14-12(15-18-8)9-2-4-10(5-3-9)13-6-11(17)7-16/h2-5,11,13,16-17H,6-7H2,1H3. The van der Waals surface area contributed by atoms with E-state index in [2.05, 4.69) is 15.5 Å². The van der Waals surface area contributed by atoms with Crippen LogP contribution in [0.2, 0.25) is 0 Å². The molecule has 0 fully saturated rings. The lowest BCUT2D eigenvalue weighted by Gasteiger charge is -2.10. The van der Waals surface area contributed by atoms with E-state index < -0.39 is 6.10 Å². The molecule has 0 saturated carbocycles. The molecule has 1 aromatic carbocycles. The van der Waals surface area contributed by atoms with Crippen molar-refractivity contribution in [2.45, 2.75) is 13.0 Å². The van der Waals surface area contributed by atoms with Gasteiger partial charge in [0.2, 0.25) is 11.7 Å². The number of nitrogens with zero attached hydrogens (tertiary/aromatic N) is 2. The molecule has 0 aliphatic rings. The highest BCUT2D eigenvalue weighted by molar-refractivity contribution is 5.59. The molecule has 2 aromatic rings. The summed E-state index contributed by atoms with van der Waals surface area (Å²) in [6.45, 7) is 1.78. The van der Waals surface area contributed by atoms with Crippen LogP contribution in [0.15, 0.2) is 28.8 Å². The van der Waals surface area contributed by atoms with Gasteiger partial charge in [-0.3, -0.25) is 0 Å². The Kier molecular flexibility index (Phi) is 3.91. The Balaban J connectivity index is 2.01. The smallest absolute Gasteiger partial charge is 0.223 e. The number of aliphatic hydroxyl groups excluding tert-OH is 2. The Hall–Kier alpha value is -1.92. The van der Waals surface area contributed by atoms with Gasteiger partial charge in [-0.05, 0) is 24.3 Å². The predicted octanol–water partition coefficient (Wildman–Crippen LogP) is 0.810. The number of anilines is 1. The van der Waals surface area contributed by atoms with E-state index in [1.54, 1.807) is 6.92 Å². The van der Waals surface area contributed by atoms with Gasteiger partial charge in [0.15, 0.2) is 0 Å². The summed E-state index contributed by atoms with van der Waals surface area (Å²) in [7, 11) is 0. The number of aryl methyl sites for hydroxylation is 1. The number of nitrogens with one attached hydrogen (secondary N) is 1. The molecule has 1 heterocycles. The fraction of sp³-hybridized carbons (Fsp3) is 0.333. The van der Waals surface area contributed by atoms with Crippen LogP contribution in [-0.2, 0) is 0 Å². The second-order valence-electron chi connectivity index (χ2n) is 3.93. The summed E-state index contributed by atoms with van der Waals surface area (Å²) in [5.74, 6) is 1.08. The van der Waals surface area contributed by atoms with Crippen molar-refractivity contribution in [2.24, 2.45) is 0 Å². The number of aromatic nitrogens is 2.